The number of rotatable bonds is 4. The largest absolute Gasteiger partial charge is 0.351 e. The Morgan fingerprint density at radius 2 is 2.08 bits per heavy atom. The van der Waals surface area contributed by atoms with Gasteiger partial charge in [0.15, 0.2) is 0 Å². The summed E-state index contributed by atoms with van der Waals surface area (Å²) in [5.41, 5.74) is 2.68. The van der Waals surface area contributed by atoms with E-state index in [2.05, 4.69) is 32.3 Å². The predicted octanol–water partition coefficient (Wildman–Crippen LogP) is 2.94. The van der Waals surface area contributed by atoms with Gasteiger partial charge < -0.3 is 10.2 Å². The van der Waals surface area contributed by atoms with Crippen molar-refractivity contribution < 1.29 is 9.59 Å². The molecule has 5 nitrogen and oxygen atoms in total. The molecule has 1 N–H and O–H groups in total. The number of amides is 2. The van der Waals surface area contributed by atoms with Gasteiger partial charge in [-0.05, 0) is 46.5 Å². The third-order valence-electron chi connectivity index (χ3n) is 4.00. The molecule has 6 heteroatoms. The van der Waals surface area contributed by atoms with Crippen LogP contribution in [0, 0.1) is 0 Å². The average molecular weight is 388 g/mol. The van der Waals surface area contributed by atoms with E-state index < -0.39 is 0 Å². The minimum absolute atomic E-state index is 0.0369. The lowest BCUT2D eigenvalue weighted by Gasteiger charge is -2.29. The zero-order chi connectivity index (χ0) is 16.9. The summed E-state index contributed by atoms with van der Waals surface area (Å²) in [5.74, 6) is -0.189. The fourth-order valence-electron chi connectivity index (χ4n) is 2.85. The standard InChI is InChI=1S/C18H18BrN3O2/c19-15-10-14(11-20-12-15)18(24)21-8-7-17(23)22-9-3-5-13-4-1-2-6-16(13)22/h1-2,4,6,10-12H,3,5,7-9H2,(H,21,24). The van der Waals surface area contributed by atoms with Gasteiger partial charge in [-0.15, -0.1) is 0 Å². The van der Waals surface area contributed by atoms with E-state index in [4.69, 9.17) is 0 Å². The molecule has 1 aliphatic rings. The second-order valence-electron chi connectivity index (χ2n) is 5.68. The maximum Gasteiger partial charge on any atom is 0.252 e. The van der Waals surface area contributed by atoms with Gasteiger partial charge in [0.25, 0.3) is 5.91 Å². The van der Waals surface area contributed by atoms with Crippen LogP contribution in [0.1, 0.15) is 28.8 Å². The lowest BCUT2D eigenvalue weighted by atomic mass is 10.0. The van der Waals surface area contributed by atoms with Crippen LogP contribution < -0.4 is 10.2 Å². The molecule has 0 unspecified atom stereocenters. The molecule has 2 heterocycles. The highest BCUT2D eigenvalue weighted by Crippen LogP contribution is 2.27. The van der Waals surface area contributed by atoms with Crippen LogP contribution in [0.25, 0.3) is 0 Å². The number of fused-ring (bicyclic) bond motifs is 1. The summed E-state index contributed by atoms with van der Waals surface area (Å²) < 4.78 is 0.746. The number of nitrogens with one attached hydrogen (secondary N) is 1. The minimum atomic E-state index is -0.226. The highest BCUT2D eigenvalue weighted by molar-refractivity contribution is 9.10. The Labute approximate surface area is 149 Å². The van der Waals surface area contributed by atoms with Crippen LogP contribution >= 0.6 is 15.9 Å². The molecule has 2 aromatic rings. The number of benzene rings is 1. The number of para-hydroxylation sites is 1. The van der Waals surface area contributed by atoms with E-state index in [1.165, 1.54) is 11.8 Å². The first-order chi connectivity index (χ1) is 11.6. The van der Waals surface area contributed by atoms with Gasteiger partial charge in [-0.1, -0.05) is 18.2 Å². The van der Waals surface area contributed by atoms with Crippen molar-refractivity contribution in [2.45, 2.75) is 19.3 Å². The summed E-state index contributed by atoms with van der Waals surface area (Å²) >= 11 is 3.29. The van der Waals surface area contributed by atoms with Gasteiger partial charge in [0.2, 0.25) is 5.91 Å². The van der Waals surface area contributed by atoms with E-state index in [1.54, 1.807) is 12.3 Å². The monoisotopic (exact) mass is 387 g/mol. The molecule has 0 bridgehead atoms. The van der Waals surface area contributed by atoms with Crippen molar-refractivity contribution in [1.29, 1.82) is 0 Å². The van der Waals surface area contributed by atoms with Crippen molar-refractivity contribution in [3.8, 4) is 0 Å². The fourth-order valence-corrected chi connectivity index (χ4v) is 3.21. The Bertz CT molecular complexity index is 763. The maximum absolute atomic E-state index is 12.5. The van der Waals surface area contributed by atoms with Crippen LogP contribution in [0.15, 0.2) is 47.2 Å². The van der Waals surface area contributed by atoms with E-state index in [-0.39, 0.29) is 18.2 Å². The normalized spacial score (nSPS) is 13.3. The van der Waals surface area contributed by atoms with Crippen LogP contribution in [0.2, 0.25) is 0 Å². The summed E-state index contributed by atoms with van der Waals surface area (Å²) in [6.45, 7) is 1.04. The number of nitrogens with zero attached hydrogens (tertiary/aromatic N) is 2. The van der Waals surface area contributed by atoms with Gasteiger partial charge in [-0.3, -0.25) is 14.6 Å². The highest BCUT2D eigenvalue weighted by Gasteiger charge is 2.21. The molecule has 0 atom stereocenters. The van der Waals surface area contributed by atoms with Crippen molar-refractivity contribution >= 4 is 33.4 Å². The SMILES string of the molecule is O=C(NCCC(=O)N1CCCc2ccccc21)c1cncc(Br)c1. The molecule has 2 amide bonds. The number of hydrogen-bond donors (Lipinski definition) is 1. The zero-order valence-electron chi connectivity index (χ0n) is 13.2. The molecule has 1 aromatic carbocycles. The molecule has 0 radical (unpaired) electrons. The molecule has 1 aromatic heterocycles. The summed E-state index contributed by atoms with van der Waals surface area (Å²) in [5, 5.41) is 2.77. The van der Waals surface area contributed by atoms with Crippen LogP contribution in [0.3, 0.4) is 0 Å². The van der Waals surface area contributed by atoms with E-state index >= 15 is 0 Å². The van der Waals surface area contributed by atoms with Crippen LogP contribution in [0.4, 0.5) is 5.69 Å². The number of carbonyl (C=O) groups is 2. The lowest BCUT2D eigenvalue weighted by Crippen LogP contribution is -2.37. The topological polar surface area (TPSA) is 62.3 Å². The number of carbonyl (C=O) groups excluding carboxylic acids is 2. The molecule has 1 aliphatic heterocycles. The van der Waals surface area contributed by atoms with E-state index in [1.807, 2.05) is 23.1 Å². The molecular weight excluding hydrogens is 370 g/mol. The van der Waals surface area contributed by atoms with Gasteiger partial charge >= 0.3 is 0 Å². The Balaban J connectivity index is 1.56. The third kappa shape index (κ3) is 3.82. The Kier molecular flexibility index (Phi) is 5.25. The molecule has 0 spiro atoms. The van der Waals surface area contributed by atoms with E-state index in [0.717, 1.165) is 29.5 Å². The lowest BCUT2D eigenvalue weighted by molar-refractivity contribution is -0.118. The average Bonchev–Trinajstić information content (AvgIpc) is 2.61. The first kappa shape index (κ1) is 16.6. The molecule has 0 aliphatic carbocycles. The summed E-state index contributed by atoms with van der Waals surface area (Å²) in [4.78, 5) is 30.3. The molecule has 0 fully saturated rings. The number of aryl methyl sites for hydroxylation is 1. The van der Waals surface area contributed by atoms with Gasteiger partial charge in [0.1, 0.15) is 0 Å². The quantitative estimate of drug-likeness (QED) is 0.876. The van der Waals surface area contributed by atoms with E-state index in [0.29, 0.717) is 12.1 Å². The Hall–Kier alpha value is -2.21. The van der Waals surface area contributed by atoms with Gasteiger partial charge in [-0.2, -0.15) is 0 Å². The Morgan fingerprint density at radius 3 is 2.92 bits per heavy atom. The first-order valence-electron chi connectivity index (χ1n) is 7.92. The molecule has 0 saturated heterocycles. The van der Waals surface area contributed by atoms with Crippen LogP contribution in [-0.4, -0.2) is 29.9 Å². The maximum atomic E-state index is 12.5. The summed E-state index contributed by atoms with van der Waals surface area (Å²) in [6.07, 6.45) is 5.38. The molecule has 0 saturated carbocycles. The Morgan fingerprint density at radius 1 is 1.25 bits per heavy atom. The second-order valence-corrected chi connectivity index (χ2v) is 6.59. The predicted molar refractivity (Wildman–Crippen MR) is 96.0 cm³/mol. The highest BCUT2D eigenvalue weighted by atomic mass is 79.9. The number of pyridine rings is 1. The molecular formula is C18H18BrN3O2. The number of halogens is 1. The number of aromatic nitrogens is 1. The third-order valence-corrected chi connectivity index (χ3v) is 4.44. The molecule has 24 heavy (non-hydrogen) atoms. The van der Waals surface area contributed by atoms with E-state index in [9.17, 15) is 9.59 Å². The van der Waals surface area contributed by atoms with Crippen molar-refractivity contribution in [2.24, 2.45) is 0 Å². The minimum Gasteiger partial charge on any atom is -0.351 e. The van der Waals surface area contributed by atoms with Gasteiger partial charge in [0.05, 0.1) is 5.56 Å². The number of anilines is 1. The van der Waals surface area contributed by atoms with Crippen molar-refractivity contribution in [3.63, 3.8) is 0 Å². The summed E-state index contributed by atoms with van der Waals surface area (Å²) in [6, 6.07) is 9.70. The fraction of sp³-hybridized carbons (Fsp3) is 0.278. The first-order valence-corrected chi connectivity index (χ1v) is 8.71. The number of hydrogen-bond acceptors (Lipinski definition) is 3. The van der Waals surface area contributed by atoms with Crippen LogP contribution in [-0.2, 0) is 11.2 Å². The molecule has 3 rings (SSSR count). The molecule has 124 valence electrons. The van der Waals surface area contributed by atoms with Crippen molar-refractivity contribution in [2.75, 3.05) is 18.0 Å². The second kappa shape index (κ2) is 7.57. The van der Waals surface area contributed by atoms with Crippen molar-refractivity contribution in [3.05, 3.63) is 58.3 Å². The van der Waals surface area contributed by atoms with Crippen molar-refractivity contribution in [1.82, 2.24) is 10.3 Å². The van der Waals surface area contributed by atoms with Gasteiger partial charge in [-0.25, -0.2) is 0 Å². The van der Waals surface area contributed by atoms with Gasteiger partial charge in [0, 0.05) is 42.1 Å². The zero-order valence-corrected chi connectivity index (χ0v) is 14.8. The smallest absolute Gasteiger partial charge is 0.252 e. The van der Waals surface area contributed by atoms with Crippen LogP contribution in [0.5, 0.6) is 0 Å². The summed E-state index contributed by atoms with van der Waals surface area (Å²) in [7, 11) is 0.